The Kier molecular flexibility index (Phi) is 8.73. The molecule has 1 atom stereocenters. The maximum Gasteiger partial charge on any atom is 0.209 e. The average molecular weight is 566 g/mol. The topological polar surface area (TPSA) is 40.4 Å². The Hall–Kier alpha value is -3.27. The summed E-state index contributed by atoms with van der Waals surface area (Å²) in [6, 6.07) is 17.1. The molecule has 0 bridgehead atoms. The highest BCUT2D eigenvalue weighted by Gasteiger charge is 2.45. The molecule has 3 aromatic rings. The van der Waals surface area contributed by atoms with Crippen molar-refractivity contribution in [1.29, 1.82) is 0 Å². The second-order valence-electron chi connectivity index (χ2n) is 13.5. The lowest BCUT2D eigenvalue weighted by Gasteiger charge is -2.32. The van der Waals surface area contributed by atoms with Crippen LogP contribution in [0.25, 0.3) is 12.2 Å². The highest BCUT2D eigenvalue weighted by atomic mass is 16.1. The van der Waals surface area contributed by atoms with E-state index in [0.717, 1.165) is 31.6 Å². The van der Waals surface area contributed by atoms with Crippen LogP contribution in [0.4, 0.5) is 11.4 Å². The summed E-state index contributed by atoms with van der Waals surface area (Å²) in [7, 11) is 0. The van der Waals surface area contributed by atoms with Crippen LogP contribution in [0.5, 0.6) is 0 Å². The lowest BCUT2D eigenvalue weighted by Crippen LogP contribution is -2.66. The first kappa shape index (κ1) is 30.2. The zero-order chi connectivity index (χ0) is 30.1. The van der Waals surface area contributed by atoms with Gasteiger partial charge >= 0.3 is 0 Å². The third-order valence-electron chi connectivity index (χ3n) is 9.85. The number of hydrogen-bond donors (Lipinski definition) is 0. The largest absolute Gasteiger partial charge is 0.364 e. The van der Waals surface area contributed by atoms with Gasteiger partial charge in [0.25, 0.3) is 0 Å². The Balaban J connectivity index is 1.55. The Morgan fingerprint density at radius 2 is 1.38 bits per heavy atom. The summed E-state index contributed by atoms with van der Waals surface area (Å²) >= 11 is 0. The van der Waals surface area contributed by atoms with Crippen molar-refractivity contribution in [1.82, 2.24) is 0 Å². The summed E-state index contributed by atoms with van der Waals surface area (Å²) in [6.45, 7) is 15.2. The molecule has 222 valence electrons. The Bertz CT molecular complexity index is 1630. The van der Waals surface area contributed by atoms with Gasteiger partial charge in [-0.3, -0.25) is 9.59 Å². The van der Waals surface area contributed by atoms with Crippen LogP contribution >= 0.6 is 0 Å². The number of benzene rings is 2. The first-order valence-electron chi connectivity index (χ1n) is 16.3. The van der Waals surface area contributed by atoms with Crippen molar-refractivity contribution in [3.63, 3.8) is 0 Å². The van der Waals surface area contributed by atoms with Crippen molar-refractivity contribution < 1.29 is 4.58 Å². The molecule has 2 heterocycles. The molecular formula is C38H49N2O2+. The molecule has 5 rings (SSSR count). The van der Waals surface area contributed by atoms with E-state index < -0.39 is 0 Å². The quantitative estimate of drug-likeness (QED) is 0.193. The minimum atomic E-state index is -0.279. The summed E-state index contributed by atoms with van der Waals surface area (Å²) in [5.41, 5.74) is 5.34. The van der Waals surface area contributed by atoms with Gasteiger partial charge in [0.15, 0.2) is 5.71 Å². The lowest BCUT2D eigenvalue weighted by atomic mass is 9.79. The van der Waals surface area contributed by atoms with Gasteiger partial charge in [-0.25, -0.2) is 0 Å². The number of nitrogens with zero attached hydrogens (tertiary/aromatic N) is 2. The standard InChI is InChI=1S/C38H49N2O2/c1-7-9-11-17-23-39-31-21-15-13-19-29(31)37(3,4)33(39)25-27-35(41)28(36(27)42)26-34-38(5,6)30-20-14-16-22-32(30)40(34)24-18-12-10-8-2/h13-16,19-22,25-26,33H,7-12,17-18,23-24H2,1-6H3/q+1. The monoisotopic (exact) mass is 565 g/mol. The van der Waals surface area contributed by atoms with Gasteiger partial charge in [0.05, 0.1) is 21.9 Å². The first-order valence-corrected chi connectivity index (χ1v) is 16.3. The van der Waals surface area contributed by atoms with E-state index >= 15 is 0 Å². The molecular weight excluding hydrogens is 516 g/mol. The van der Waals surface area contributed by atoms with Crippen molar-refractivity contribution >= 4 is 29.2 Å². The molecule has 0 spiro atoms. The molecule has 0 amide bonds. The molecule has 0 N–H and O–H groups in total. The van der Waals surface area contributed by atoms with Gasteiger partial charge in [-0.1, -0.05) is 96.2 Å². The molecule has 2 aliphatic rings. The van der Waals surface area contributed by atoms with Crippen molar-refractivity contribution in [3.05, 3.63) is 90.5 Å². The highest BCUT2D eigenvalue weighted by molar-refractivity contribution is 6.15. The molecule has 4 nitrogen and oxygen atoms in total. The fourth-order valence-electron chi connectivity index (χ4n) is 7.28. The van der Waals surface area contributed by atoms with Crippen LogP contribution in [0.2, 0.25) is 0 Å². The van der Waals surface area contributed by atoms with E-state index in [1.165, 1.54) is 61.0 Å². The van der Waals surface area contributed by atoms with E-state index in [9.17, 15) is 9.59 Å². The molecule has 0 fully saturated rings. The lowest BCUT2D eigenvalue weighted by molar-refractivity contribution is -0.437. The molecule has 42 heavy (non-hydrogen) atoms. The second kappa shape index (κ2) is 12.1. The number of hydrogen-bond acceptors (Lipinski definition) is 3. The zero-order valence-corrected chi connectivity index (χ0v) is 26.6. The first-order chi connectivity index (χ1) is 20.1. The Labute approximate surface area is 251 Å². The SMILES string of the molecule is CCCCCCN1c2ccccc2C(C)(C)C1C=c1c(=O)c(=CC2=[N+](CCCCCC)c3ccccc3C2(C)C)c1=O. The van der Waals surface area contributed by atoms with Crippen molar-refractivity contribution in [2.45, 2.75) is 110 Å². The predicted molar refractivity (Wildman–Crippen MR) is 178 cm³/mol. The van der Waals surface area contributed by atoms with Gasteiger partial charge in [0, 0.05) is 41.8 Å². The van der Waals surface area contributed by atoms with E-state index in [-0.39, 0.29) is 27.7 Å². The summed E-state index contributed by atoms with van der Waals surface area (Å²) in [4.78, 5) is 29.9. The van der Waals surface area contributed by atoms with Gasteiger partial charge in [0.2, 0.25) is 16.5 Å². The zero-order valence-electron chi connectivity index (χ0n) is 26.6. The Morgan fingerprint density at radius 1 is 0.762 bits per heavy atom. The highest BCUT2D eigenvalue weighted by Crippen LogP contribution is 2.45. The third kappa shape index (κ3) is 5.23. The fraction of sp³-hybridized carbons (Fsp3) is 0.500. The summed E-state index contributed by atoms with van der Waals surface area (Å²) in [5, 5.41) is 0.688. The summed E-state index contributed by atoms with van der Waals surface area (Å²) in [6.07, 6.45) is 13.3. The molecule has 1 unspecified atom stereocenters. The minimum absolute atomic E-state index is 0.0316. The van der Waals surface area contributed by atoms with E-state index in [2.05, 4.69) is 99.5 Å². The molecule has 3 aromatic carbocycles. The van der Waals surface area contributed by atoms with Crippen molar-refractivity contribution in [3.8, 4) is 0 Å². The molecule has 0 saturated heterocycles. The third-order valence-corrected chi connectivity index (χ3v) is 9.85. The predicted octanol–water partition coefficient (Wildman–Crippen LogP) is 6.25. The summed E-state index contributed by atoms with van der Waals surface area (Å²) in [5.74, 6) is 0. The minimum Gasteiger partial charge on any atom is -0.364 e. The van der Waals surface area contributed by atoms with Crippen LogP contribution in [0.15, 0.2) is 58.1 Å². The van der Waals surface area contributed by atoms with Crippen LogP contribution in [0, 0.1) is 0 Å². The van der Waals surface area contributed by atoms with E-state index in [4.69, 9.17) is 0 Å². The second-order valence-corrected chi connectivity index (χ2v) is 13.5. The van der Waals surface area contributed by atoms with E-state index in [1.54, 1.807) is 0 Å². The van der Waals surface area contributed by atoms with E-state index in [0.29, 0.717) is 10.4 Å². The van der Waals surface area contributed by atoms with Crippen LogP contribution in [-0.4, -0.2) is 29.4 Å². The van der Waals surface area contributed by atoms with Crippen LogP contribution < -0.4 is 26.2 Å². The number of fused-ring (bicyclic) bond motifs is 2. The number of rotatable bonds is 12. The molecule has 0 saturated carbocycles. The average Bonchev–Trinajstić information content (AvgIpc) is 3.33. The number of para-hydroxylation sites is 2. The maximum absolute atomic E-state index is 13.7. The van der Waals surface area contributed by atoms with Crippen LogP contribution in [0.3, 0.4) is 0 Å². The number of unbranched alkanes of at least 4 members (excludes halogenated alkanes) is 6. The molecule has 4 heteroatoms. The Morgan fingerprint density at radius 3 is 2.07 bits per heavy atom. The van der Waals surface area contributed by atoms with Crippen molar-refractivity contribution in [2.24, 2.45) is 0 Å². The van der Waals surface area contributed by atoms with Crippen LogP contribution in [0.1, 0.15) is 104 Å². The smallest absolute Gasteiger partial charge is 0.209 e. The normalized spacial score (nSPS) is 18.4. The molecule has 2 aliphatic heterocycles. The maximum atomic E-state index is 13.7. The number of anilines is 1. The van der Waals surface area contributed by atoms with Gasteiger partial charge in [0.1, 0.15) is 6.54 Å². The molecule has 0 aromatic heterocycles. The van der Waals surface area contributed by atoms with Crippen molar-refractivity contribution in [2.75, 3.05) is 18.0 Å². The van der Waals surface area contributed by atoms with Gasteiger partial charge in [-0.15, -0.1) is 0 Å². The summed E-state index contributed by atoms with van der Waals surface area (Å²) < 4.78 is 2.36. The van der Waals surface area contributed by atoms with E-state index in [1.807, 2.05) is 12.2 Å². The van der Waals surface area contributed by atoms with Gasteiger partial charge in [-0.05, 0) is 44.4 Å². The van der Waals surface area contributed by atoms with Crippen LogP contribution in [-0.2, 0) is 10.8 Å². The molecule has 0 radical (unpaired) electrons. The fourth-order valence-corrected chi connectivity index (χ4v) is 7.28. The molecule has 0 aliphatic carbocycles. The van der Waals surface area contributed by atoms with Gasteiger partial charge < -0.3 is 4.90 Å². The van der Waals surface area contributed by atoms with Gasteiger partial charge in [-0.2, -0.15) is 4.58 Å².